The molecule has 1 atom stereocenters. The van der Waals surface area contributed by atoms with E-state index >= 15 is 0 Å². The van der Waals surface area contributed by atoms with Gasteiger partial charge in [-0.05, 0) is 37.5 Å². The van der Waals surface area contributed by atoms with Crippen LogP contribution in [0.5, 0.6) is 0 Å². The minimum atomic E-state index is -4.36. The molecular weight excluding hydrogens is 357 g/mol. The fraction of sp³-hybridized carbons (Fsp3) is 0.474. The summed E-state index contributed by atoms with van der Waals surface area (Å²) in [4.78, 5) is 14.5. The van der Waals surface area contributed by atoms with Gasteiger partial charge in [0.25, 0.3) is 0 Å². The molecule has 1 aliphatic heterocycles. The van der Waals surface area contributed by atoms with Gasteiger partial charge in [0.1, 0.15) is 5.82 Å². The van der Waals surface area contributed by atoms with E-state index in [9.17, 15) is 18.0 Å². The normalized spacial score (nSPS) is 17.8. The van der Waals surface area contributed by atoms with Crippen molar-refractivity contribution in [1.82, 2.24) is 15.1 Å². The molecule has 0 bridgehead atoms. The lowest BCUT2D eigenvalue weighted by Gasteiger charge is -2.34. The van der Waals surface area contributed by atoms with Crippen LogP contribution in [0.4, 0.5) is 19.0 Å². The Bertz CT molecular complexity index is 798. The smallest absolute Gasteiger partial charge is 0.355 e. The van der Waals surface area contributed by atoms with Crippen LogP contribution in [0, 0.1) is 6.92 Å². The monoisotopic (exact) mass is 380 g/mol. The lowest BCUT2D eigenvalue weighted by molar-refractivity contribution is -0.137. The zero-order valence-corrected chi connectivity index (χ0v) is 15.4. The number of benzene rings is 1. The number of aromatic nitrogens is 2. The molecule has 0 radical (unpaired) electrons. The number of amides is 1. The van der Waals surface area contributed by atoms with Crippen molar-refractivity contribution in [3.63, 3.8) is 0 Å². The number of anilines is 1. The number of piperidine rings is 1. The van der Waals surface area contributed by atoms with Gasteiger partial charge in [0.15, 0.2) is 0 Å². The molecule has 1 amide bonds. The topological polar surface area (TPSA) is 50.2 Å². The number of halogens is 3. The molecule has 0 saturated carbocycles. The predicted octanol–water partition coefficient (Wildman–Crippen LogP) is 3.08. The van der Waals surface area contributed by atoms with E-state index in [4.69, 9.17) is 0 Å². The number of nitrogens with zero attached hydrogens (tertiary/aromatic N) is 3. The standard InChI is InChI=1S/C19H23F3N4O/c1-13-10-18(25(2)24-13)26-9-3-4-16(12-26)23-17(27)11-14-5-7-15(8-6-14)19(20,21)22/h5-8,10,16H,3-4,9,11-12H2,1-2H3,(H,23,27). The largest absolute Gasteiger partial charge is 0.416 e. The Hall–Kier alpha value is -2.51. The second-order valence-electron chi connectivity index (χ2n) is 6.99. The minimum absolute atomic E-state index is 0.0101. The fourth-order valence-electron chi connectivity index (χ4n) is 3.47. The molecule has 1 fully saturated rings. The SMILES string of the molecule is Cc1cc(N2CCCC(NC(=O)Cc3ccc(C(F)(F)F)cc3)C2)n(C)n1. The molecule has 3 rings (SSSR count). The first-order valence-corrected chi connectivity index (χ1v) is 8.93. The van der Waals surface area contributed by atoms with Crippen molar-refractivity contribution in [3.05, 3.63) is 47.2 Å². The Morgan fingerprint density at radius 2 is 2.00 bits per heavy atom. The molecule has 1 saturated heterocycles. The molecule has 1 aromatic carbocycles. The van der Waals surface area contributed by atoms with Crippen molar-refractivity contribution in [2.75, 3.05) is 18.0 Å². The van der Waals surface area contributed by atoms with E-state index in [1.807, 2.05) is 24.7 Å². The first-order chi connectivity index (χ1) is 12.7. The van der Waals surface area contributed by atoms with Gasteiger partial charge in [-0.3, -0.25) is 9.48 Å². The highest BCUT2D eigenvalue weighted by Crippen LogP contribution is 2.29. The van der Waals surface area contributed by atoms with Crippen molar-refractivity contribution < 1.29 is 18.0 Å². The molecule has 5 nitrogen and oxygen atoms in total. The Balaban J connectivity index is 1.56. The highest BCUT2D eigenvalue weighted by molar-refractivity contribution is 5.79. The summed E-state index contributed by atoms with van der Waals surface area (Å²) in [6.45, 7) is 3.54. The van der Waals surface area contributed by atoms with Gasteiger partial charge in [-0.1, -0.05) is 12.1 Å². The Kier molecular flexibility index (Phi) is 5.43. The minimum Gasteiger partial charge on any atom is -0.355 e. The number of nitrogens with one attached hydrogen (secondary N) is 1. The number of carbonyl (C=O) groups excluding carboxylic acids is 1. The van der Waals surface area contributed by atoms with Crippen molar-refractivity contribution in [2.24, 2.45) is 7.05 Å². The van der Waals surface area contributed by atoms with E-state index in [-0.39, 0.29) is 18.4 Å². The summed E-state index contributed by atoms with van der Waals surface area (Å²) in [6, 6.07) is 6.76. The maximum Gasteiger partial charge on any atom is 0.416 e. The molecule has 1 aromatic heterocycles. The summed E-state index contributed by atoms with van der Waals surface area (Å²) in [7, 11) is 1.90. The third-order valence-corrected chi connectivity index (χ3v) is 4.73. The van der Waals surface area contributed by atoms with Crippen LogP contribution in [0.25, 0.3) is 0 Å². The quantitative estimate of drug-likeness (QED) is 0.887. The van der Waals surface area contributed by atoms with E-state index in [1.165, 1.54) is 12.1 Å². The summed E-state index contributed by atoms with van der Waals surface area (Å²) in [5, 5.41) is 7.37. The zero-order chi connectivity index (χ0) is 19.6. The average molecular weight is 380 g/mol. The van der Waals surface area contributed by atoms with Gasteiger partial charge >= 0.3 is 6.18 Å². The Morgan fingerprint density at radius 3 is 2.59 bits per heavy atom. The Labute approximate surface area is 156 Å². The number of aryl methyl sites for hydroxylation is 2. The van der Waals surface area contributed by atoms with Gasteiger partial charge in [0.05, 0.1) is 17.7 Å². The number of hydrogen-bond acceptors (Lipinski definition) is 3. The second kappa shape index (κ2) is 7.62. The van der Waals surface area contributed by atoms with Crippen LogP contribution in [0.3, 0.4) is 0 Å². The first-order valence-electron chi connectivity index (χ1n) is 8.93. The third-order valence-electron chi connectivity index (χ3n) is 4.73. The van der Waals surface area contributed by atoms with Gasteiger partial charge in [-0.25, -0.2) is 0 Å². The molecule has 2 heterocycles. The first kappa shape index (κ1) is 19.3. The van der Waals surface area contributed by atoms with Crippen molar-refractivity contribution >= 4 is 11.7 Å². The van der Waals surface area contributed by atoms with E-state index in [0.717, 1.165) is 43.0 Å². The molecule has 1 unspecified atom stereocenters. The van der Waals surface area contributed by atoms with Crippen LogP contribution in [0.1, 0.15) is 29.7 Å². The van der Waals surface area contributed by atoms with Crippen molar-refractivity contribution in [1.29, 1.82) is 0 Å². The van der Waals surface area contributed by atoms with E-state index in [1.54, 1.807) is 0 Å². The van der Waals surface area contributed by atoms with Crippen LogP contribution in [0.15, 0.2) is 30.3 Å². The number of rotatable bonds is 4. The summed E-state index contributed by atoms with van der Waals surface area (Å²) in [6.07, 6.45) is -2.46. The molecular formula is C19H23F3N4O. The van der Waals surface area contributed by atoms with Crippen LogP contribution in [-0.4, -0.2) is 34.8 Å². The van der Waals surface area contributed by atoms with Gasteiger partial charge in [0, 0.05) is 32.2 Å². The van der Waals surface area contributed by atoms with Crippen LogP contribution in [-0.2, 0) is 24.4 Å². The van der Waals surface area contributed by atoms with Crippen molar-refractivity contribution in [3.8, 4) is 0 Å². The summed E-state index contributed by atoms with van der Waals surface area (Å²) >= 11 is 0. The van der Waals surface area contributed by atoms with Crippen molar-refractivity contribution in [2.45, 2.75) is 38.4 Å². The average Bonchev–Trinajstić information content (AvgIpc) is 2.93. The zero-order valence-electron chi connectivity index (χ0n) is 15.4. The maximum atomic E-state index is 12.6. The van der Waals surface area contributed by atoms with Crippen LogP contribution in [0.2, 0.25) is 0 Å². The van der Waals surface area contributed by atoms with E-state index in [0.29, 0.717) is 12.1 Å². The van der Waals surface area contributed by atoms with Gasteiger partial charge < -0.3 is 10.2 Å². The highest BCUT2D eigenvalue weighted by atomic mass is 19.4. The van der Waals surface area contributed by atoms with Gasteiger partial charge in [0.2, 0.25) is 5.91 Å². The molecule has 1 aliphatic rings. The molecule has 0 spiro atoms. The Morgan fingerprint density at radius 1 is 1.30 bits per heavy atom. The summed E-state index contributed by atoms with van der Waals surface area (Å²) in [5.74, 6) is 0.844. The molecule has 27 heavy (non-hydrogen) atoms. The van der Waals surface area contributed by atoms with Crippen LogP contribution >= 0.6 is 0 Å². The molecule has 146 valence electrons. The van der Waals surface area contributed by atoms with E-state index in [2.05, 4.69) is 15.3 Å². The molecule has 2 aromatic rings. The lowest BCUT2D eigenvalue weighted by atomic mass is 10.0. The summed E-state index contributed by atoms with van der Waals surface area (Å²) in [5.41, 5.74) is 0.803. The van der Waals surface area contributed by atoms with Crippen LogP contribution < -0.4 is 10.2 Å². The fourth-order valence-corrected chi connectivity index (χ4v) is 3.47. The molecule has 0 aliphatic carbocycles. The molecule has 8 heteroatoms. The third kappa shape index (κ3) is 4.81. The van der Waals surface area contributed by atoms with Gasteiger partial charge in [-0.2, -0.15) is 18.3 Å². The van der Waals surface area contributed by atoms with E-state index < -0.39 is 11.7 Å². The number of hydrogen-bond donors (Lipinski definition) is 1. The summed E-state index contributed by atoms with van der Waals surface area (Å²) < 4.78 is 39.7. The highest BCUT2D eigenvalue weighted by Gasteiger charge is 2.30. The number of alkyl halides is 3. The second-order valence-corrected chi connectivity index (χ2v) is 6.99. The lowest BCUT2D eigenvalue weighted by Crippen LogP contribution is -2.48. The maximum absolute atomic E-state index is 12.6. The predicted molar refractivity (Wildman–Crippen MR) is 96.5 cm³/mol. The van der Waals surface area contributed by atoms with Gasteiger partial charge in [-0.15, -0.1) is 0 Å². The number of carbonyl (C=O) groups is 1. The molecule has 1 N–H and O–H groups in total.